The van der Waals surface area contributed by atoms with E-state index in [1.54, 1.807) is 0 Å². The summed E-state index contributed by atoms with van der Waals surface area (Å²) in [5.41, 5.74) is 8.22. The first-order chi connectivity index (χ1) is 22.3. The summed E-state index contributed by atoms with van der Waals surface area (Å²) in [6.45, 7) is 14.8. The van der Waals surface area contributed by atoms with Crippen LogP contribution in [0.25, 0.3) is 0 Å². The fourth-order valence-corrected chi connectivity index (χ4v) is 7.11. The van der Waals surface area contributed by atoms with Crippen LogP contribution in [0.5, 0.6) is 0 Å². The van der Waals surface area contributed by atoms with E-state index in [0.29, 0.717) is 36.8 Å². The molecule has 2 amide bonds. The number of benzene rings is 2. The Morgan fingerprint density at radius 1 is 1.04 bits per heavy atom. The standard InChI is InChI=1S/C37H54N8O2/c1-35(2,3)21-18-30(27-12-14-28(15-13-27)33(46)39-25-20-31-41-43-44-42-31)45-34(47)32(38-24-19-26-10-8-7-9-11-26)40-37(45)22-16-29(17-23-37)36(4,5)6/h7-15,29-31H,16-25H2,1-6H3,(H,38,40)(H,39,46)(H,41,44)(H,42,43). The van der Waals surface area contributed by atoms with Crippen LogP contribution in [0.15, 0.2) is 69.9 Å². The minimum atomic E-state index is -0.483. The first-order valence-corrected chi connectivity index (χ1v) is 17.3. The van der Waals surface area contributed by atoms with Crippen LogP contribution in [0, 0.1) is 16.7 Å². The lowest BCUT2D eigenvalue weighted by Gasteiger charge is -2.48. The second-order valence-corrected chi connectivity index (χ2v) is 15.7. The molecule has 2 fully saturated rings. The Balaban J connectivity index is 1.40. The molecular weight excluding hydrogens is 588 g/mol. The smallest absolute Gasteiger partial charge is 0.291 e. The molecule has 0 radical (unpaired) electrons. The molecule has 1 aliphatic carbocycles. The third kappa shape index (κ3) is 8.77. The van der Waals surface area contributed by atoms with Gasteiger partial charge in [0.25, 0.3) is 11.8 Å². The molecule has 10 heteroatoms. The van der Waals surface area contributed by atoms with E-state index in [4.69, 9.17) is 4.99 Å². The lowest BCUT2D eigenvalue weighted by atomic mass is 9.69. The molecule has 2 aromatic carbocycles. The number of carbonyl (C=O) groups excluding carboxylic acids is 2. The second kappa shape index (κ2) is 14.5. The van der Waals surface area contributed by atoms with Gasteiger partial charge in [-0.05, 0) is 85.0 Å². The monoisotopic (exact) mass is 642 g/mol. The van der Waals surface area contributed by atoms with Crippen molar-refractivity contribution in [2.24, 2.45) is 32.1 Å². The fourth-order valence-electron chi connectivity index (χ4n) is 7.11. The van der Waals surface area contributed by atoms with Crippen LogP contribution in [-0.4, -0.2) is 47.5 Å². The Bertz CT molecular complexity index is 1420. The molecule has 2 aromatic rings. The van der Waals surface area contributed by atoms with Crippen molar-refractivity contribution in [1.29, 1.82) is 0 Å². The Hall–Kier alpha value is -3.79. The zero-order valence-corrected chi connectivity index (χ0v) is 29.1. The van der Waals surface area contributed by atoms with Gasteiger partial charge in [0, 0.05) is 25.1 Å². The predicted molar refractivity (Wildman–Crippen MR) is 186 cm³/mol. The van der Waals surface area contributed by atoms with Crippen LogP contribution in [0.3, 0.4) is 0 Å². The van der Waals surface area contributed by atoms with Crippen LogP contribution in [0.2, 0.25) is 0 Å². The summed E-state index contributed by atoms with van der Waals surface area (Å²) in [6.07, 6.45) is 6.91. The van der Waals surface area contributed by atoms with Crippen molar-refractivity contribution in [2.75, 3.05) is 13.1 Å². The highest BCUT2D eigenvalue weighted by Gasteiger charge is 2.53. The molecule has 254 valence electrons. The van der Waals surface area contributed by atoms with Crippen LogP contribution in [0.1, 0.15) is 114 Å². The van der Waals surface area contributed by atoms with Gasteiger partial charge in [-0.1, -0.05) is 89.2 Å². The minimum Gasteiger partial charge on any atom is -0.352 e. The quantitative estimate of drug-likeness (QED) is 0.224. The molecule has 1 spiro atoms. The topological polar surface area (TPSA) is 123 Å². The summed E-state index contributed by atoms with van der Waals surface area (Å²) in [4.78, 5) is 34.5. The molecule has 4 N–H and O–H groups in total. The molecule has 2 heterocycles. The number of hydrogen-bond donors (Lipinski definition) is 4. The normalized spacial score (nSPS) is 24.4. The molecule has 1 saturated carbocycles. The molecule has 5 rings (SSSR count). The van der Waals surface area contributed by atoms with Crippen LogP contribution < -0.4 is 21.6 Å². The first-order valence-electron chi connectivity index (χ1n) is 17.3. The second-order valence-electron chi connectivity index (χ2n) is 15.7. The highest BCUT2D eigenvalue weighted by molar-refractivity contribution is 6.40. The summed E-state index contributed by atoms with van der Waals surface area (Å²) in [5, 5.41) is 14.4. The zero-order chi connectivity index (χ0) is 33.7. The van der Waals surface area contributed by atoms with Crippen molar-refractivity contribution in [1.82, 2.24) is 26.5 Å². The van der Waals surface area contributed by atoms with Gasteiger partial charge >= 0.3 is 0 Å². The fraction of sp³-hybridized carbons (Fsp3) is 0.595. The minimum absolute atomic E-state index is 0.0137. The van der Waals surface area contributed by atoms with E-state index in [0.717, 1.165) is 50.5 Å². The summed E-state index contributed by atoms with van der Waals surface area (Å²) in [6, 6.07) is 18.0. The van der Waals surface area contributed by atoms with E-state index >= 15 is 0 Å². The lowest BCUT2D eigenvalue weighted by molar-refractivity contribution is -0.133. The van der Waals surface area contributed by atoms with Crippen LogP contribution >= 0.6 is 0 Å². The summed E-state index contributed by atoms with van der Waals surface area (Å²) in [5.74, 6) is 0.938. The van der Waals surface area contributed by atoms with E-state index in [2.05, 4.69) is 90.5 Å². The van der Waals surface area contributed by atoms with Gasteiger partial charge in [-0.2, -0.15) is 5.43 Å². The van der Waals surface area contributed by atoms with Gasteiger partial charge in [0.05, 0.1) is 6.04 Å². The van der Waals surface area contributed by atoms with E-state index in [-0.39, 0.29) is 34.9 Å². The summed E-state index contributed by atoms with van der Waals surface area (Å²) >= 11 is 0. The molecule has 0 bridgehead atoms. The maximum absolute atomic E-state index is 14.5. The molecule has 2 atom stereocenters. The van der Waals surface area contributed by atoms with E-state index in [1.165, 1.54) is 5.56 Å². The van der Waals surface area contributed by atoms with Crippen molar-refractivity contribution < 1.29 is 9.59 Å². The van der Waals surface area contributed by atoms with Gasteiger partial charge in [-0.25, -0.2) is 5.53 Å². The average Bonchev–Trinajstić information content (AvgIpc) is 3.64. The van der Waals surface area contributed by atoms with Gasteiger partial charge in [-0.3, -0.25) is 14.6 Å². The zero-order valence-electron chi connectivity index (χ0n) is 29.1. The first kappa shape index (κ1) is 34.5. The highest BCUT2D eigenvalue weighted by atomic mass is 16.2. The maximum atomic E-state index is 14.5. The maximum Gasteiger partial charge on any atom is 0.291 e. The Kier molecular flexibility index (Phi) is 10.7. The van der Waals surface area contributed by atoms with Crippen molar-refractivity contribution in [3.05, 3.63) is 71.3 Å². The third-order valence-electron chi connectivity index (χ3n) is 10.0. The summed E-state index contributed by atoms with van der Waals surface area (Å²) < 4.78 is 0. The van der Waals surface area contributed by atoms with Gasteiger partial charge in [-0.15, -0.1) is 5.11 Å². The largest absolute Gasteiger partial charge is 0.352 e. The number of carbonyl (C=O) groups is 2. The highest BCUT2D eigenvalue weighted by Crippen LogP contribution is 2.48. The number of nitrogens with one attached hydrogen (secondary N) is 4. The van der Waals surface area contributed by atoms with Crippen LogP contribution in [-0.2, 0) is 11.2 Å². The van der Waals surface area contributed by atoms with E-state index in [1.807, 2.05) is 42.5 Å². The van der Waals surface area contributed by atoms with Gasteiger partial charge in [0.15, 0.2) is 5.84 Å². The lowest BCUT2D eigenvalue weighted by Crippen LogP contribution is -2.56. The Labute approximate surface area is 280 Å². The molecule has 0 aromatic heterocycles. The molecule has 47 heavy (non-hydrogen) atoms. The third-order valence-corrected chi connectivity index (χ3v) is 10.0. The van der Waals surface area contributed by atoms with Crippen molar-refractivity contribution in [2.45, 2.75) is 111 Å². The van der Waals surface area contributed by atoms with Crippen LogP contribution in [0.4, 0.5) is 0 Å². The number of hydrogen-bond acceptors (Lipinski definition) is 7. The van der Waals surface area contributed by atoms with Gasteiger partial charge < -0.3 is 15.5 Å². The number of rotatable bonds is 11. The van der Waals surface area contributed by atoms with E-state index < -0.39 is 5.66 Å². The number of hydrazine groups is 1. The Morgan fingerprint density at radius 2 is 1.74 bits per heavy atom. The average molecular weight is 643 g/mol. The van der Waals surface area contributed by atoms with E-state index in [9.17, 15) is 9.59 Å². The summed E-state index contributed by atoms with van der Waals surface area (Å²) in [7, 11) is 0. The molecule has 2 unspecified atom stereocenters. The molecule has 2 aliphatic heterocycles. The van der Waals surface area contributed by atoms with Crippen molar-refractivity contribution >= 4 is 17.6 Å². The molecule has 10 nitrogen and oxygen atoms in total. The predicted octanol–water partition coefficient (Wildman–Crippen LogP) is 6.48. The number of aliphatic imine (C=N–C) groups is 1. The number of nitrogens with zero attached hydrogens (tertiary/aromatic N) is 4. The molecule has 1 saturated heterocycles. The number of amidine groups is 1. The van der Waals surface area contributed by atoms with Gasteiger partial charge in [0.1, 0.15) is 11.8 Å². The molecule has 3 aliphatic rings. The number of amides is 2. The molecular formula is C37H54N8O2. The van der Waals surface area contributed by atoms with Crippen molar-refractivity contribution in [3.63, 3.8) is 0 Å². The SMILES string of the molecule is CC(C)(C)CCC(c1ccc(C(=O)NCCC2N=NNN2)cc1)N1C(=O)C(=NCCc2ccccc2)NC12CCC(C(C)(C)C)CC2. The Morgan fingerprint density at radius 3 is 2.36 bits per heavy atom. The van der Waals surface area contributed by atoms with Gasteiger partial charge in [0.2, 0.25) is 0 Å². The van der Waals surface area contributed by atoms with Crippen molar-refractivity contribution in [3.8, 4) is 0 Å².